The molecule has 2 aliphatic heterocycles. The van der Waals surface area contributed by atoms with Crippen molar-refractivity contribution in [1.29, 1.82) is 0 Å². The van der Waals surface area contributed by atoms with E-state index in [4.69, 9.17) is 19.9 Å². The fraction of sp³-hybridized carbons (Fsp3) is 0.471. The molecule has 2 fully saturated rings. The van der Waals surface area contributed by atoms with Crippen molar-refractivity contribution in [3.05, 3.63) is 22.0 Å². The summed E-state index contributed by atoms with van der Waals surface area (Å²) in [5.74, 6) is 0.706. The Morgan fingerprint density at radius 1 is 1.26 bits per heavy atom. The van der Waals surface area contributed by atoms with E-state index in [1.807, 2.05) is 0 Å². The van der Waals surface area contributed by atoms with Crippen LogP contribution >= 0.6 is 0 Å². The van der Waals surface area contributed by atoms with E-state index < -0.39 is 0 Å². The van der Waals surface area contributed by atoms with Gasteiger partial charge in [0.1, 0.15) is 19.0 Å². The first kappa shape index (κ1) is 16.5. The zero-order chi connectivity index (χ0) is 18.5. The molecule has 0 unspecified atom stereocenters. The van der Waals surface area contributed by atoms with Crippen LogP contribution in [0.25, 0.3) is 21.9 Å². The van der Waals surface area contributed by atoms with Gasteiger partial charge in [-0.25, -0.2) is 9.97 Å². The molecule has 27 heavy (non-hydrogen) atoms. The molecule has 0 radical (unpaired) electrons. The van der Waals surface area contributed by atoms with E-state index in [2.05, 4.69) is 25.3 Å². The smallest absolute Gasteiger partial charge is 0.260 e. The van der Waals surface area contributed by atoms with E-state index >= 15 is 0 Å². The second-order valence-corrected chi connectivity index (χ2v) is 6.80. The molecule has 0 aliphatic carbocycles. The number of nitrogens with one attached hydrogen (secondary N) is 3. The Labute approximate surface area is 153 Å². The lowest BCUT2D eigenvalue weighted by Gasteiger charge is -2.16. The third-order valence-corrected chi connectivity index (χ3v) is 5.23. The molecule has 5 N–H and O–H groups in total. The Morgan fingerprint density at radius 3 is 3.00 bits per heavy atom. The topological polar surface area (TPSA) is 140 Å². The molecule has 0 spiro atoms. The second-order valence-electron chi connectivity index (χ2n) is 6.80. The first-order valence-electron chi connectivity index (χ1n) is 8.87. The Balaban J connectivity index is 1.59. The molecular weight excluding hydrogens is 352 g/mol. The number of aryl methyl sites for hydroxylation is 1. The predicted molar refractivity (Wildman–Crippen MR) is 98.6 cm³/mol. The number of nitrogen functional groups attached to an aromatic ring is 1. The molecule has 4 heterocycles. The highest BCUT2D eigenvalue weighted by atomic mass is 16.7. The molecule has 1 aromatic carbocycles. The van der Waals surface area contributed by atoms with Gasteiger partial charge in [0.25, 0.3) is 5.56 Å². The SMILES string of the molecule is CNc1nc2c(CC[C@H]3OC[C@@H]4OCO[C@@H]43)c3nc(N)[nH]c(=O)c3cc2[nH]1. The van der Waals surface area contributed by atoms with Crippen molar-refractivity contribution in [3.8, 4) is 0 Å². The molecule has 2 saturated heterocycles. The molecule has 142 valence electrons. The summed E-state index contributed by atoms with van der Waals surface area (Å²) >= 11 is 0. The van der Waals surface area contributed by atoms with E-state index in [0.717, 1.165) is 16.6 Å². The maximum absolute atomic E-state index is 12.4. The summed E-state index contributed by atoms with van der Waals surface area (Å²) in [5.41, 5.74) is 8.48. The molecule has 3 atom stereocenters. The van der Waals surface area contributed by atoms with E-state index in [-0.39, 0.29) is 29.8 Å². The third-order valence-electron chi connectivity index (χ3n) is 5.23. The Hall–Kier alpha value is -2.69. The summed E-state index contributed by atoms with van der Waals surface area (Å²) in [7, 11) is 1.78. The van der Waals surface area contributed by atoms with Gasteiger partial charge in [0.2, 0.25) is 11.9 Å². The fourth-order valence-corrected chi connectivity index (χ4v) is 3.94. The minimum Gasteiger partial charge on any atom is -0.373 e. The summed E-state index contributed by atoms with van der Waals surface area (Å²) in [6, 6.07) is 1.75. The highest BCUT2D eigenvalue weighted by Gasteiger charge is 2.42. The monoisotopic (exact) mass is 372 g/mol. The average Bonchev–Trinajstić information content (AvgIpc) is 3.35. The maximum Gasteiger partial charge on any atom is 0.260 e. The van der Waals surface area contributed by atoms with Crippen LogP contribution in [0.2, 0.25) is 0 Å². The van der Waals surface area contributed by atoms with E-state index in [1.54, 1.807) is 13.1 Å². The van der Waals surface area contributed by atoms with Crippen LogP contribution < -0.4 is 16.6 Å². The zero-order valence-electron chi connectivity index (χ0n) is 14.7. The van der Waals surface area contributed by atoms with Gasteiger partial charge in [-0.2, -0.15) is 0 Å². The summed E-state index contributed by atoms with van der Waals surface area (Å²) in [4.78, 5) is 27.1. The number of nitrogens with zero attached hydrogens (tertiary/aromatic N) is 2. The zero-order valence-corrected chi connectivity index (χ0v) is 14.7. The highest BCUT2D eigenvalue weighted by Crippen LogP contribution is 2.31. The molecule has 0 amide bonds. The van der Waals surface area contributed by atoms with Crippen molar-refractivity contribution in [3.63, 3.8) is 0 Å². The third kappa shape index (κ3) is 2.64. The van der Waals surface area contributed by atoms with Crippen LogP contribution in [-0.4, -0.2) is 58.7 Å². The van der Waals surface area contributed by atoms with Crippen LogP contribution in [0.15, 0.2) is 10.9 Å². The second kappa shape index (κ2) is 6.19. The maximum atomic E-state index is 12.4. The van der Waals surface area contributed by atoms with Crippen molar-refractivity contribution in [2.45, 2.75) is 31.2 Å². The number of H-pyrrole nitrogens is 2. The van der Waals surface area contributed by atoms with Gasteiger partial charge >= 0.3 is 0 Å². The number of imidazole rings is 1. The van der Waals surface area contributed by atoms with Crippen LogP contribution in [0.4, 0.5) is 11.9 Å². The number of rotatable bonds is 4. The molecule has 2 aromatic heterocycles. The van der Waals surface area contributed by atoms with Crippen LogP contribution in [0.1, 0.15) is 12.0 Å². The van der Waals surface area contributed by atoms with E-state index in [0.29, 0.717) is 43.1 Å². The molecular formula is C17H20N6O4. The predicted octanol–water partition coefficient (Wildman–Crippen LogP) is 0.496. The van der Waals surface area contributed by atoms with E-state index in [1.165, 1.54) is 0 Å². The van der Waals surface area contributed by atoms with Crippen molar-refractivity contribution < 1.29 is 14.2 Å². The fourth-order valence-electron chi connectivity index (χ4n) is 3.94. The van der Waals surface area contributed by atoms with Crippen LogP contribution in [0.3, 0.4) is 0 Å². The average molecular weight is 372 g/mol. The molecule has 2 aliphatic rings. The minimum absolute atomic E-state index is 0.000396. The first-order valence-corrected chi connectivity index (χ1v) is 8.87. The number of hydrogen-bond acceptors (Lipinski definition) is 8. The molecule has 10 heteroatoms. The van der Waals surface area contributed by atoms with Gasteiger partial charge in [-0.3, -0.25) is 9.78 Å². The number of ether oxygens (including phenoxy) is 3. The lowest BCUT2D eigenvalue weighted by Crippen LogP contribution is -2.28. The lowest BCUT2D eigenvalue weighted by molar-refractivity contribution is -0.0437. The minimum atomic E-state index is -0.272. The molecule has 0 bridgehead atoms. The van der Waals surface area contributed by atoms with Crippen LogP contribution in [0.5, 0.6) is 0 Å². The number of nitrogens with two attached hydrogens (primary N) is 1. The van der Waals surface area contributed by atoms with E-state index in [9.17, 15) is 4.79 Å². The van der Waals surface area contributed by atoms with Crippen LogP contribution in [0, 0.1) is 0 Å². The molecule has 5 rings (SSSR count). The van der Waals surface area contributed by atoms with Gasteiger partial charge in [-0.15, -0.1) is 0 Å². The molecule has 10 nitrogen and oxygen atoms in total. The van der Waals surface area contributed by atoms with Gasteiger partial charge < -0.3 is 30.2 Å². The number of fused-ring (bicyclic) bond motifs is 3. The van der Waals surface area contributed by atoms with Crippen molar-refractivity contribution in [2.24, 2.45) is 0 Å². The number of aromatic nitrogens is 4. The molecule has 3 aromatic rings. The Bertz CT molecular complexity index is 1080. The Morgan fingerprint density at radius 2 is 2.15 bits per heavy atom. The van der Waals surface area contributed by atoms with Gasteiger partial charge in [0.05, 0.1) is 34.6 Å². The van der Waals surface area contributed by atoms with Gasteiger partial charge in [0.15, 0.2) is 0 Å². The van der Waals surface area contributed by atoms with Crippen LogP contribution in [-0.2, 0) is 20.6 Å². The summed E-state index contributed by atoms with van der Waals surface area (Å²) < 4.78 is 17.0. The number of hydrogen-bond donors (Lipinski definition) is 4. The summed E-state index contributed by atoms with van der Waals surface area (Å²) in [5, 5.41) is 3.47. The number of aromatic amines is 2. The van der Waals surface area contributed by atoms with Gasteiger partial charge in [-0.1, -0.05) is 0 Å². The highest BCUT2D eigenvalue weighted by molar-refractivity contribution is 5.98. The quantitative estimate of drug-likeness (QED) is 0.519. The summed E-state index contributed by atoms with van der Waals surface area (Å²) in [6.07, 6.45) is 1.21. The van der Waals surface area contributed by atoms with Crippen molar-refractivity contribution >= 4 is 33.8 Å². The number of benzene rings is 1. The lowest BCUT2D eigenvalue weighted by atomic mass is 9.99. The molecule has 0 saturated carbocycles. The Kier molecular flexibility index (Phi) is 3.78. The number of anilines is 2. The largest absolute Gasteiger partial charge is 0.373 e. The normalized spacial score (nSPS) is 24.7. The summed E-state index contributed by atoms with van der Waals surface area (Å²) in [6.45, 7) is 0.851. The van der Waals surface area contributed by atoms with Crippen molar-refractivity contribution in [2.75, 3.05) is 31.5 Å². The standard InChI is InChI=1S/C17H20N6O4/c1-19-17-20-9-4-8-12(21-16(18)23-15(8)24)7(13(9)22-17)2-3-10-14-11(5-25-10)26-6-27-14/h4,10-11,14H,2-3,5-6H2,1H3,(H2,19,20,22)(H3,18,21,23,24)/t10-,11+,14-/m1/s1. The van der Waals surface area contributed by atoms with Gasteiger partial charge in [-0.05, 0) is 18.9 Å². The van der Waals surface area contributed by atoms with Gasteiger partial charge in [0, 0.05) is 12.6 Å². The first-order chi connectivity index (χ1) is 13.1. The van der Waals surface area contributed by atoms with Crippen molar-refractivity contribution in [1.82, 2.24) is 19.9 Å².